The van der Waals surface area contributed by atoms with Crippen molar-refractivity contribution in [3.8, 4) is 0 Å². The van der Waals surface area contributed by atoms with Crippen LogP contribution in [0.3, 0.4) is 0 Å². The molecule has 0 unspecified atom stereocenters. The first kappa shape index (κ1) is 14.9. The second-order valence-corrected chi connectivity index (χ2v) is 5.09. The van der Waals surface area contributed by atoms with Crippen molar-refractivity contribution in [3.63, 3.8) is 0 Å². The van der Waals surface area contributed by atoms with Crippen LogP contribution in [0.2, 0.25) is 0 Å². The fourth-order valence-corrected chi connectivity index (χ4v) is 2.29. The van der Waals surface area contributed by atoms with E-state index in [1.807, 2.05) is 0 Å². The Kier molecular flexibility index (Phi) is 4.43. The molecule has 0 saturated heterocycles. The van der Waals surface area contributed by atoms with Gasteiger partial charge < -0.3 is 16.8 Å². The Balaban J connectivity index is 1.99. The number of thioether (sulfide) groups is 1. The zero-order valence-corrected chi connectivity index (χ0v) is 12.1. The first-order chi connectivity index (χ1) is 9.99. The average molecular weight is 306 g/mol. The predicted molar refractivity (Wildman–Crippen MR) is 79.7 cm³/mol. The van der Waals surface area contributed by atoms with E-state index in [0.717, 1.165) is 0 Å². The van der Waals surface area contributed by atoms with Gasteiger partial charge in [0.2, 0.25) is 11.9 Å². The van der Waals surface area contributed by atoms with Crippen LogP contribution >= 0.6 is 11.8 Å². The monoisotopic (exact) mass is 306 g/mol. The van der Waals surface area contributed by atoms with Crippen molar-refractivity contribution in [2.24, 2.45) is 12.8 Å². The maximum absolute atomic E-state index is 11.9. The van der Waals surface area contributed by atoms with Gasteiger partial charge in [-0.3, -0.25) is 14.2 Å². The van der Waals surface area contributed by atoms with Gasteiger partial charge >= 0.3 is 0 Å². The van der Waals surface area contributed by atoms with Gasteiger partial charge in [0, 0.05) is 7.05 Å². The highest BCUT2D eigenvalue weighted by atomic mass is 32.2. The molecule has 9 heteroatoms. The van der Waals surface area contributed by atoms with E-state index in [4.69, 9.17) is 11.5 Å². The lowest BCUT2D eigenvalue weighted by Gasteiger charge is -2.08. The van der Waals surface area contributed by atoms with Gasteiger partial charge in [0.15, 0.2) is 5.16 Å². The molecule has 2 rings (SSSR count). The molecule has 2 amide bonds. The van der Waals surface area contributed by atoms with E-state index in [1.54, 1.807) is 35.9 Å². The molecule has 1 heterocycles. The Labute approximate surface area is 124 Å². The van der Waals surface area contributed by atoms with E-state index in [0.29, 0.717) is 10.8 Å². The summed E-state index contributed by atoms with van der Waals surface area (Å²) in [5.74, 6) is -0.495. The van der Waals surface area contributed by atoms with Crippen LogP contribution in [-0.2, 0) is 11.8 Å². The molecular formula is C12H14N6O2S. The molecule has 2 aromatic rings. The summed E-state index contributed by atoms with van der Waals surface area (Å²) in [6.07, 6.45) is 0. The third kappa shape index (κ3) is 3.51. The van der Waals surface area contributed by atoms with Crippen molar-refractivity contribution in [3.05, 3.63) is 29.8 Å². The molecule has 0 spiro atoms. The third-order valence-electron chi connectivity index (χ3n) is 2.67. The highest BCUT2D eigenvalue weighted by Gasteiger charge is 2.12. The number of primary amides is 1. The Morgan fingerprint density at radius 2 is 2.05 bits per heavy atom. The number of nitrogens with one attached hydrogen (secondary N) is 1. The summed E-state index contributed by atoms with van der Waals surface area (Å²) in [5, 5.41) is 10.7. The smallest absolute Gasteiger partial charge is 0.250 e. The molecule has 8 nitrogen and oxygen atoms in total. The van der Waals surface area contributed by atoms with Crippen molar-refractivity contribution in [2.75, 3.05) is 16.8 Å². The summed E-state index contributed by atoms with van der Waals surface area (Å²) >= 11 is 1.19. The summed E-state index contributed by atoms with van der Waals surface area (Å²) in [4.78, 5) is 23.2. The number of benzene rings is 1. The van der Waals surface area contributed by atoms with Gasteiger partial charge in [0.25, 0.3) is 5.91 Å². The van der Waals surface area contributed by atoms with Gasteiger partial charge in [0.1, 0.15) is 0 Å². The normalized spacial score (nSPS) is 10.3. The van der Waals surface area contributed by atoms with Crippen molar-refractivity contribution in [2.45, 2.75) is 5.16 Å². The molecule has 1 aromatic heterocycles. The first-order valence-electron chi connectivity index (χ1n) is 5.95. The molecule has 0 fully saturated rings. The molecule has 0 radical (unpaired) electrons. The molecule has 0 bridgehead atoms. The van der Waals surface area contributed by atoms with E-state index in [9.17, 15) is 9.59 Å². The maximum atomic E-state index is 11.9. The minimum absolute atomic E-state index is 0.110. The van der Waals surface area contributed by atoms with Crippen molar-refractivity contribution in [1.29, 1.82) is 0 Å². The van der Waals surface area contributed by atoms with Crippen LogP contribution in [0.15, 0.2) is 29.4 Å². The maximum Gasteiger partial charge on any atom is 0.250 e. The van der Waals surface area contributed by atoms with E-state index in [2.05, 4.69) is 15.5 Å². The van der Waals surface area contributed by atoms with E-state index in [-0.39, 0.29) is 23.2 Å². The van der Waals surface area contributed by atoms with Gasteiger partial charge in [-0.1, -0.05) is 23.9 Å². The summed E-state index contributed by atoms with van der Waals surface area (Å²) < 4.78 is 1.58. The number of nitrogens with two attached hydrogens (primary N) is 2. The number of anilines is 2. The number of carbonyl (C=O) groups is 2. The second-order valence-electron chi connectivity index (χ2n) is 4.15. The topological polar surface area (TPSA) is 129 Å². The molecule has 1 aromatic carbocycles. The zero-order valence-electron chi connectivity index (χ0n) is 11.2. The minimum atomic E-state index is -0.598. The number of rotatable bonds is 5. The van der Waals surface area contributed by atoms with Gasteiger partial charge in [-0.25, -0.2) is 0 Å². The first-order valence-corrected chi connectivity index (χ1v) is 6.94. The molecule has 110 valence electrons. The number of carbonyl (C=O) groups excluding carboxylic acids is 2. The molecule has 0 atom stereocenters. The van der Waals surface area contributed by atoms with Crippen molar-refractivity contribution >= 4 is 35.2 Å². The number of hydrogen-bond acceptors (Lipinski definition) is 6. The molecular weight excluding hydrogens is 292 g/mol. The zero-order chi connectivity index (χ0) is 15.4. The average Bonchev–Trinajstić information content (AvgIpc) is 2.77. The predicted octanol–water partition coefficient (Wildman–Crippen LogP) is 0.227. The van der Waals surface area contributed by atoms with Crippen LogP contribution in [-0.4, -0.2) is 32.3 Å². The molecule has 0 aliphatic rings. The standard InChI is InChI=1S/C12H14N6O2S/c1-18-11(14)16-17-12(18)21-6-9(19)15-8-5-3-2-4-7(8)10(13)20/h2-5H,6H2,1H3,(H2,13,20)(H2,14,16)(H,15,19). The van der Waals surface area contributed by atoms with E-state index in [1.165, 1.54) is 11.8 Å². The Bertz CT molecular complexity index is 684. The number of aromatic nitrogens is 3. The highest BCUT2D eigenvalue weighted by molar-refractivity contribution is 7.99. The van der Waals surface area contributed by atoms with Crippen molar-refractivity contribution in [1.82, 2.24) is 14.8 Å². The summed E-state index contributed by atoms with van der Waals surface area (Å²) in [7, 11) is 1.71. The molecule has 0 saturated carbocycles. The number of amides is 2. The lowest BCUT2D eigenvalue weighted by Crippen LogP contribution is -2.19. The summed E-state index contributed by atoms with van der Waals surface area (Å²) in [5.41, 5.74) is 11.4. The Morgan fingerprint density at radius 1 is 1.33 bits per heavy atom. The van der Waals surface area contributed by atoms with Gasteiger partial charge in [-0.15, -0.1) is 10.2 Å². The van der Waals surface area contributed by atoms with Crippen LogP contribution < -0.4 is 16.8 Å². The number of nitrogen functional groups attached to an aromatic ring is 1. The number of hydrogen-bond donors (Lipinski definition) is 3. The lowest BCUT2D eigenvalue weighted by atomic mass is 10.1. The quantitative estimate of drug-likeness (QED) is 0.678. The molecule has 21 heavy (non-hydrogen) atoms. The van der Waals surface area contributed by atoms with Crippen LogP contribution in [0.25, 0.3) is 0 Å². The minimum Gasteiger partial charge on any atom is -0.368 e. The SMILES string of the molecule is Cn1c(N)nnc1SCC(=O)Nc1ccccc1C(N)=O. The summed E-state index contributed by atoms with van der Waals surface area (Å²) in [6.45, 7) is 0. The highest BCUT2D eigenvalue weighted by Crippen LogP contribution is 2.18. The van der Waals surface area contributed by atoms with Crippen LogP contribution in [0.5, 0.6) is 0 Å². The van der Waals surface area contributed by atoms with Crippen LogP contribution in [0.1, 0.15) is 10.4 Å². The third-order valence-corrected chi connectivity index (χ3v) is 3.69. The number of nitrogens with zero attached hydrogens (tertiary/aromatic N) is 3. The molecule has 0 aliphatic heterocycles. The largest absolute Gasteiger partial charge is 0.368 e. The van der Waals surface area contributed by atoms with Crippen LogP contribution in [0.4, 0.5) is 11.6 Å². The molecule has 5 N–H and O–H groups in total. The lowest BCUT2D eigenvalue weighted by molar-refractivity contribution is -0.113. The van der Waals surface area contributed by atoms with Gasteiger partial charge in [0.05, 0.1) is 17.0 Å². The molecule has 0 aliphatic carbocycles. The van der Waals surface area contributed by atoms with E-state index < -0.39 is 5.91 Å². The summed E-state index contributed by atoms with van der Waals surface area (Å²) in [6, 6.07) is 6.54. The second kappa shape index (κ2) is 6.27. The fraction of sp³-hybridized carbons (Fsp3) is 0.167. The number of para-hydroxylation sites is 1. The van der Waals surface area contributed by atoms with Crippen molar-refractivity contribution < 1.29 is 9.59 Å². The Hall–Kier alpha value is -2.55. The fourth-order valence-electron chi connectivity index (χ4n) is 1.58. The van der Waals surface area contributed by atoms with Crippen LogP contribution in [0, 0.1) is 0 Å². The van der Waals surface area contributed by atoms with Gasteiger partial charge in [-0.05, 0) is 12.1 Å². The Morgan fingerprint density at radius 3 is 2.67 bits per heavy atom. The van der Waals surface area contributed by atoms with E-state index >= 15 is 0 Å². The van der Waals surface area contributed by atoms with Gasteiger partial charge in [-0.2, -0.15) is 0 Å².